The molecule has 0 aliphatic rings. The van der Waals surface area contributed by atoms with Gasteiger partial charge in [0.25, 0.3) is 10.0 Å². The number of nitrogens with one attached hydrogen (secondary N) is 1. The molecule has 3 nitrogen and oxygen atoms in total. The molecule has 0 heterocycles. The molecule has 0 unspecified atom stereocenters. The summed E-state index contributed by atoms with van der Waals surface area (Å²) in [5.74, 6) is 0. The predicted molar refractivity (Wildman–Crippen MR) is 82.7 cm³/mol. The van der Waals surface area contributed by atoms with Crippen LogP contribution in [-0.2, 0) is 22.6 Å². The van der Waals surface area contributed by atoms with Crippen LogP contribution in [0.2, 0.25) is 0 Å². The van der Waals surface area contributed by atoms with Crippen LogP contribution in [0.1, 0.15) is 24.5 Å². The summed E-state index contributed by atoms with van der Waals surface area (Å²) < 4.78 is 65.3. The summed E-state index contributed by atoms with van der Waals surface area (Å²) in [4.78, 5) is -0.0747. The lowest BCUT2D eigenvalue weighted by Crippen LogP contribution is -2.17. The Labute approximate surface area is 133 Å². The van der Waals surface area contributed by atoms with E-state index in [1.165, 1.54) is 24.3 Å². The van der Waals surface area contributed by atoms with Crippen LogP contribution in [0.15, 0.2) is 53.4 Å². The van der Waals surface area contributed by atoms with E-state index in [4.69, 9.17) is 0 Å². The van der Waals surface area contributed by atoms with Crippen LogP contribution >= 0.6 is 0 Å². The van der Waals surface area contributed by atoms with Crippen molar-refractivity contribution >= 4 is 15.7 Å². The summed E-state index contributed by atoms with van der Waals surface area (Å²) in [6.07, 6.45) is -2.90. The molecule has 0 saturated carbocycles. The van der Waals surface area contributed by atoms with E-state index in [1.807, 2.05) is 11.6 Å². The highest BCUT2D eigenvalue weighted by Crippen LogP contribution is 2.35. The molecule has 7 heteroatoms. The minimum atomic E-state index is -4.63. The summed E-state index contributed by atoms with van der Waals surface area (Å²) in [5, 5.41) is 0. The number of hydrogen-bond acceptors (Lipinski definition) is 2. The molecule has 0 amide bonds. The summed E-state index contributed by atoms with van der Waals surface area (Å²) >= 11 is 0. The number of alkyl halides is 3. The summed E-state index contributed by atoms with van der Waals surface area (Å²) in [6.45, 7) is 2.00. The van der Waals surface area contributed by atoms with Gasteiger partial charge in [0.2, 0.25) is 0 Å². The van der Waals surface area contributed by atoms with Crippen LogP contribution in [0.4, 0.5) is 18.9 Å². The third-order valence-electron chi connectivity index (χ3n) is 3.25. The molecule has 2 aromatic rings. The van der Waals surface area contributed by atoms with E-state index in [9.17, 15) is 21.6 Å². The first-order valence-electron chi connectivity index (χ1n) is 7.02. The Hall–Kier alpha value is -2.02. The zero-order chi connectivity index (χ0) is 17.1. The number of benzene rings is 2. The fourth-order valence-corrected chi connectivity index (χ4v) is 3.23. The molecule has 23 heavy (non-hydrogen) atoms. The van der Waals surface area contributed by atoms with Gasteiger partial charge in [-0.25, -0.2) is 8.42 Å². The van der Waals surface area contributed by atoms with Gasteiger partial charge in [-0.1, -0.05) is 37.6 Å². The topological polar surface area (TPSA) is 46.2 Å². The molecule has 1 N–H and O–H groups in total. The first-order valence-corrected chi connectivity index (χ1v) is 8.50. The number of para-hydroxylation sites is 1. The molecule has 0 fully saturated rings. The molecular weight excluding hydrogens is 327 g/mol. The Bertz CT molecular complexity index is 769. The smallest absolute Gasteiger partial charge is 0.279 e. The van der Waals surface area contributed by atoms with Gasteiger partial charge in [0, 0.05) is 0 Å². The van der Waals surface area contributed by atoms with Gasteiger partial charge < -0.3 is 0 Å². The van der Waals surface area contributed by atoms with Gasteiger partial charge in [0.1, 0.15) is 0 Å². The van der Waals surface area contributed by atoms with Crippen molar-refractivity contribution in [1.29, 1.82) is 0 Å². The average Bonchev–Trinajstić information content (AvgIpc) is 2.47. The van der Waals surface area contributed by atoms with Gasteiger partial charge in [-0.05, 0) is 36.2 Å². The van der Waals surface area contributed by atoms with Gasteiger partial charge in [-0.3, -0.25) is 4.72 Å². The van der Waals surface area contributed by atoms with Crippen LogP contribution in [0.25, 0.3) is 0 Å². The SMILES string of the molecule is CCCc1ccc(S(=O)(=O)Nc2ccccc2C(F)(F)F)cc1. The second-order valence-electron chi connectivity index (χ2n) is 5.04. The van der Waals surface area contributed by atoms with E-state index in [0.29, 0.717) is 0 Å². The van der Waals surface area contributed by atoms with Crippen LogP contribution in [-0.4, -0.2) is 8.42 Å². The monoisotopic (exact) mass is 343 g/mol. The molecule has 0 atom stereocenters. The van der Waals surface area contributed by atoms with Crippen molar-refractivity contribution in [2.24, 2.45) is 0 Å². The molecule has 0 aliphatic carbocycles. The van der Waals surface area contributed by atoms with Crippen molar-refractivity contribution in [1.82, 2.24) is 0 Å². The lowest BCUT2D eigenvalue weighted by Gasteiger charge is -2.14. The maximum Gasteiger partial charge on any atom is 0.418 e. The fraction of sp³-hybridized carbons (Fsp3) is 0.250. The number of anilines is 1. The molecule has 124 valence electrons. The number of aryl methyl sites for hydroxylation is 1. The molecule has 0 radical (unpaired) electrons. The fourth-order valence-electron chi connectivity index (χ4n) is 2.15. The molecule has 0 aromatic heterocycles. The Morgan fingerprint density at radius 3 is 2.17 bits per heavy atom. The van der Waals surface area contributed by atoms with Crippen LogP contribution in [0.5, 0.6) is 0 Å². The zero-order valence-corrected chi connectivity index (χ0v) is 13.2. The number of halogens is 3. The van der Waals surface area contributed by atoms with Crippen molar-refractivity contribution in [2.45, 2.75) is 30.8 Å². The highest BCUT2D eigenvalue weighted by molar-refractivity contribution is 7.92. The summed E-state index contributed by atoms with van der Waals surface area (Å²) in [7, 11) is -4.08. The first kappa shape index (κ1) is 17.3. The quantitative estimate of drug-likeness (QED) is 0.871. The maximum atomic E-state index is 12.9. The van der Waals surface area contributed by atoms with Gasteiger partial charge in [-0.2, -0.15) is 13.2 Å². The van der Waals surface area contributed by atoms with Crippen molar-refractivity contribution in [3.63, 3.8) is 0 Å². The highest BCUT2D eigenvalue weighted by atomic mass is 32.2. The van der Waals surface area contributed by atoms with Gasteiger partial charge in [0.05, 0.1) is 16.1 Å². The second kappa shape index (κ2) is 6.62. The van der Waals surface area contributed by atoms with Crippen LogP contribution in [0, 0.1) is 0 Å². The minimum absolute atomic E-state index is 0.0747. The third-order valence-corrected chi connectivity index (χ3v) is 4.63. The molecule has 2 aromatic carbocycles. The maximum absolute atomic E-state index is 12.9. The molecule has 0 spiro atoms. The van der Waals surface area contributed by atoms with Crippen LogP contribution < -0.4 is 4.72 Å². The first-order chi connectivity index (χ1) is 10.7. The zero-order valence-electron chi connectivity index (χ0n) is 12.4. The van der Waals surface area contributed by atoms with E-state index in [0.717, 1.165) is 30.5 Å². The van der Waals surface area contributed by atoms with E-state index < -0.39 is 27.5 Å². The molecule has 0 aliphatic heterocycles. The number of sulfonamides is 1. The molecule has 2 rings (SSSR count). The van der Waals surface area contributed by atoms with E-state index in [2.05, 4.69) is 0 Å². The standard InChI is InChI=1S/C16H16F3NO2S/c1-2-5-12-8-10-13(11-9-12)23(21,22)20-15-7-4-3-6-14(15)16(17,18)19/h3-4,6-11,20H,2,5H2,1H3. The largest absolute Gasteiger partial charge is 0.418 e. The molecule has 0 saturated heterocycles. The number of rotatable bonds is 5. The van der Waals surface area contributed by atoms with Crippen molar-refractivity contribution in [3.8, 4) is 0 Å². The van der Waals surface area contributed by atoms with Crippen molar-refractivity contribution < 1.29 is 21.6 Å². The lowest BCUT2D eigenvalue weighted by atomic mass is 10.1. The lowest BCUT2D eigenvalue weighted by molar-refractivity contribution is -0.136. The Balaban J connectivity index is 2.32. The number of hydrogen-bond donors (Lipinski definition) is 1. The summed E-state index contributed by atoms with van der Waals surface area (Å²) in [5.41, 5.74) is -0.536. The molecule has 0 bridgehead atoms. The van der Waals surface area contributed by atoms with Crippen LogP contribution in [0.3, 0.4) is 0 Å². The minimum Gasteiger partial charge on any atom is -0.279 e. The average molecular weight is 343 g/mol. The van der Waals surface area contributed by atoms with Gasteiger partial charge >= 0.3 is 6.18 Å². The highest BCUT2D eigenvalue weighted by Gasteiger charge is 2.34. The van der Waals surface area contributed by atoms with Gasteiger partial charge in [-0.15, -0.1) is 0 Å². The van der Waals surface area contributed by atoms with Gasteiger partial charge in [0.15, 0.2) is 0 Å². The van der Waals surface area contributed by atoms with Crippen molar-refractivity contribution in [3.05, 3.63) is 59.7 Å². The van der Waals surface area contributed by atoms with E-state index in [1.54, 1.807) is 12.1 Å². The molecular formula is C16H16F3NO2S. The van der Waals surface area contributed by atoms with E-state index in [-0.39, 0.29) is 4.90 Å². The summed E-state index contributed by atoms with van der Waals surface area (Å²) in [6, 6.07) is 10.6. The third kappa shape index (κ3) is 4.25. The normalized spacial score (nSPS) is 12.2. The predicted octanol–water partition coefficient (Wildman–Crippen LogP) is 4.46. The Morgan fingerprint density at radius 1 is 1.00 bits per heavy atom. The Kier molecular flexibility index (Phi) is 4.99. The van der Waals surface area contributed by atoms with Crippen molar-refractivity contribution in [2.75, 3.05) is 4.72 Å². The Morgan fingerprint density at radius 2 is 1.61 bits per heavy atom. The van der Waals surface area contributed by atoms with E-state index >= 15 is 0 Å². The second-order valence-corrected chi connectivity index (χ2v) is 6.73.